The van der Waals surface area contributed by atoms with Gasteiger partial charge in [0.1, 0.15) is 11.9 Å². The summed E-state index contributed by atoms with van der Waals surface area (Å²) in [4.78, 5) is 20.1. The van der Waals surface area contributed by atoms with E-state index in [0.29, 0.717) is 42.5 Å². The average Bonchev–Trinajstić information content (AvgIpc) is 3.29. The molecule has 0 unspecified atom stereocenters. The second-order valence-electron chi connectivity index (χ2n) is 11.0. The fourth-order valence-corrected chi connectivity index (χ4v) is 4.98. The standard InChI is InChI=1S/C27H39FN6O/c1-5-30-25(26(35)32-22-9-6-18(7-10-22)14-33-16-21(28)17-33)23-12-19(8-11-24(23)29)20-13-31-34(15-20)27(2,3)4/h8,11-13,15,18,21-22H,5-7,9-10,14,16-17,29H2,1-4H3,(H,32,35). The van der Waals surface area contributed by atoms with E-state index in [9.17, 15) is 9.18 Å². The van der Waals surface area contributed by atoms with Crippen LogP contribution in [0, 0.1) is 5.92 Å². The van der Waals surface area contributed by atoms with Gasteiger partial charge in [-0.2, -0.15) is 5.10 Å². The summed E-state index contributed by atoms with van der Waals surface area (Å²) in [5, 5.41) is 7.71. The topological polar surface area (TPSA) is 88.5 Å². The number of carbonyl (C=O) groups is 1. The Hall–Kier alpha value is -2.74. The third-order valence-corrected chi connectivity index (χ3v) is 7.05. The molecule has 2 aliphatic rings. The summed E-state index contributed by atoms with van der Waals surface area (Å²) in [5.41, 5.74) is 9.69. The van der Waals surface area contributed by atoms with E-state index in [-0.39, 0.29) is 17.5 Å². The van der Waals surface area contributed by atoms with Crippen molar-refractivity contribution in [2.45, 2.75) is 71.1 Å². The summed E-state index contributed by atoms with van der Waals surface area (Å²) < 4.78 is 15.0. The summed E-state index contributed by atoms with van der Waals surface area (Å²) in [6.07, 6.45) is 7.17. The van der Waals surface area contributed by atoms with E-state index in [2.05, 4.69) is 41.1 Å². The number of nitrogens with zero attached hydrogens (tertiary/aromatic N) is 4. The molecule has 1 amide bonds. The smallest absolute Gasteiger partial charge is 0.270 e. The molecule has 0 spiro atoms. The van der Waals surface area contributed by atoms with Gasteiger partial charge in [0, 0.05) is 55.2 Å². The lowest BCUT2D eigenvalue weighted by molar-refractivity contribution is -0.115. The number of hydrogen-bond acceptors (Lipinski definition) is 5. The first-order valence-corrected chi connectivity index (χ1v) is 12.8. The van der Waals surface area contributed by atoms with Crippen molar-refractivity contribution >= 4 is 17.3 Å². The Morgan fingerprint density at radius 3 is 2.51 bits per heavy atom. The van der Waals surface area contributed by atoms with Gasteiger partial charge in [-0.15, -0.1) is 0 Å². The van der Waals surface area contributed by atoms with Gasteiger partial charge >= 0.3 is 0 Å². The largest absolute Gasteiger partial charge is 0.398 e. The van der Waals surface area contributed by atoms with Crippen LogP contribution in [-0.2, 0) is 10.3 Å². The van der Waals surface area contributed by atoms with Gasteiger partial charge in [0.25, 0.3) is 5.91 Å². The van der Waals surface area contributed by atoms with Gasteiger partial charge in [-0.3, -0.25) is 19.4 Å². The number of amides is 1. The number of nitrogens with one attached hydrogen (secondary N) is 1. The Kier molecular flexibility index (Phi) is 7.59. The Balaban J connectivity index is 1.43. The van der Waals surface area contributed by atoms with Crippen LogP contribution < -0.4 is 11.1 Å². The lowest BCUT2D eigenvalue weighted by Gasteiger charge is -2.39. The number of hydrogen-bond donors (Lipinski definition) is 2. The van der Waals surface area contributed by atoms with Gasteiger partial charge in [0.05, 0.1) is 11.7 Å². The molecule has 2 aromatic rings. The molecule has 1 aromatic heterocycles. The number of likely N-dealkylation sites (tertiary alicyclic amines) is 1. The number of aliphatic imine (C=N–C) groups is 1. The predicted octanol–water partition coefficient (Wildman–Crippen LogP) is 4.03. The summed E-state index contributed by atoms with van der Waals surface area (Å²) >= 11 is 0. The zero-order valence-corrected chi connectivity index (χ0v) is 21.4. The SMILES string of the molecule is CCN=C(C(=O)NC1CCC(CN2CC(F)C2)CC1)c1cc(-c2cnn(C(C)(C)C)c2)ccc1N. The maximum Gasteiger partial charge on any atom is 0.270 e. The van der Waals surface area contributed by atoms with E-state index < -0.39 is 6.17 Å². The monoisotopic (exact) mass is 482 g/mol. The van der Waals surface area contributed by atoms with Gasteiger partial charge in [-0.25, -0.2) is 4.39 Å². The first-order valence-electron chi connectivity index (χ1n) is 12.8. The van der Waals surface area contributed by atoms with Gasteiger partial charge < -0.3 is 11.1 Å². The summed E-state index contributed by atoms with van der Waals surface area (Å²) in [6, 6.07) is 5.85. The average molecular weight is 483 g/mol. The van der Waals surface area contributed by atoms with Crippen molar-refractivity contribution < 1.29 is 9.18 Å². The minimum Gasteiger partial charge on any atom is -0.398 e. The van der Waals surface area contributed by atoms with Crippen molar-refractivity contribution in [3.63, 3.8) is 0 Å². The van der Waals surface area contributed by atoms with Crippen LogP contribution in [0.25, 0.3) is 11.1 Å². The van der Waals surface area contributed by atoms with E-state index in [1.54, 1.807) is 0 Å². The number of rotatable bonds is 7. The van der Waals surface area contributed by atoms with Crippen LogP contribution in [0.5, 0.6) is 0 Å². The Labute approximate surface area is 208 Å². The lowest BCUT2D eigenvalue weighted by atomic mass is 9.85. The minimum atomic E-state index is -0.650. The molecule has 2 fully saturated rings. The molecule has 1 aromatic carbocycles. The number of carbonyl (C=O) groups excluding carboxylic acids is 1. The molecular weight excluding hydrogens is 443 g/mol. The van der Waals surface area contributed by atoms with E-state index in [1.165, 1.54) is 0 Å². The fourth-order valence-electron chi connectivity index (χ4n) is 4.98. The predicted molar refractivity (Wildman–Crippen MR) is 139 cm³/mol. The highest BCUT2D eigenvalue weighted by molar-refractivity contribution is 6.46. The molecule has 4 rings (SSSR count). The molecular formula is C27H39FN6O. The third-order valence-electron chi connectivity index (χ3n) is 7.05. The molecule has 1 aliphatic carbocycles. The lowest BCUT2D eigenvalue weighted by Crippen LogP contribution is -2.51. The molecule has 2 heterocycles. The first kappa shape index (κ1) is 25.4. The molecule has 1 saturated heterocycles. The highest BCUT2D eigenvalue weighted by Crippen LogP contribution is 2.28. The highest BCUT2D eigenvalue weighted by atomic mass is 19.1. The number of halogens is 1. The Morgan fingerprint density at radius 1 is 1.20 bits per heavy atom. The number of alkyl halides is 1. The zero-order valence-electron chi connectivity index (χ0n) is 21.4. The molecule has 0 bridgehead atoms. The summed E-state index contributed by atoms with van der Waals surface area (Å²) in [5.74, 6) is 0.410. The van der Waals surface area contributed by atoms with Crippen LogP contribution in [0.15, 0.2) is 35.6 Å². The van der Waals surface area contributed by atoms with E-state index in [0.717, 1.165) is 43.4 Å². The maximum absolute atomic E-state index is 13.3. The van der Waals surface area contributed by atoms with Gasteiger partial charge in [-0.1, -0.05) is 6.07 Å². The van der Waals surface area contributed by atoms with E-state index in [4.69, 9.17) is 5.73 Å². The molecule has 1 saturated carbocycles. The molecule has 190 valence electrons. The van der Waals surface area contributed by atoms with Crippen LogP contribution in [-0.4, -0.2) is 64.7 Å². The van der Waals surface area contributed by atoms with Crippen LogP contribution in [0.4, 0.5) is 10.1 Å². The van der Waals surface area contributed by atoms with Crippen molar-refractivity contribution in [2.24, 2.45) is 10.9 Å². The van der Waals surface area contributed by atoms with Gasteiger partial charge in [0.15, 0.2) is 0 Å². The first-order chi connectivity index (χ1) is 16.6. The summed E-state index contributed by atoms with van der Waals surface area (Å²) in [6.45, 7) is 10.8. The fraction of sp³-hybridized carbons (Fsp3) is 0.593. The number of benzene rings is 1. The molecule has 7 nitrogen and oxygen atoms in total. The Bertz CT molecular complexity index is 1060. The summed E-state index contributed by atoms with van der Waals surface area (Å²) in [7, 11) is 0. The number of anilines is 1. The molecule has 35 heavy (non-hydrogen) atoms. The molecule has 0 radical (unpaired) electrons. The normalized spacial score (nSPS) is 22.1. The minimum absolute atomic E-state index is 0.118. The second kappa shape index (κ2) is 10.5. The zero-order chi connectivity index (χ0) is 25.2. The molecule has 3 N–H and O–H groups in total. The second-order valence-corrected chi connectivity index (χ2v) is 11.0. The van der Waals surface area contributed by atoms with Crippen LogP contribution in [0.3, 0.4) is 0 Å². The number of nitrogens with two attached hydrogens (primary N) is 1. The maximum atomic E-state index is 13.3. The van der Waals surface area contributed by atoms with Crippen LogP contribution in [0.2, 0.25) is 0 Å². The van der Waals surface area contributed by atoms with Crippen molar-refractivity contribution in [1.82, 2.24) is 20.0 Å². The van der Waals surface area contributed by atoms with Gasteiger partial charge in [-0.05, 0) is 77.0 Å². The van der Waals surface area contributed by atoms with Gasteiger partial charge in [0.2, 0.25) is 0 Å². The van der Waals surface area contributed by atoms with Crippen molar-refractivity contribution in [2.75, 3.05) is 31.9 Å². The van der Waals surface area contributed by atoms with Crippen LogP contribution in [0.1, 0.15) is 58.9 Å². The molecule has 0 atom stereocenters. The Morgan fingerprint density at radius 2 is 1.91 bits per heavy atom. The highest BCUT2D eigenvalue weighted by Gasteiger charge is 2.31. The third kappa shape index (κ3) is 6.10. The number of nitrogen functional groups attached to an aromatic ring is 1. The molecule has 8 heteroatoms. The number of aromatic nitrogens is 2. The van der Waals surface area contributed by atoms with E-state index >= 15 is 0 Å². The molecule has 1 aliphatic heterocycles. The van der Waals surface area contributed by atoms with Crippen LogP contribution >= 0.6 is 0 Å². The quantitative estimate of drug-likeness (QED) is 0.461. The van der Waals surface area contributed by atoms with Crippen molar-refractivity contribution in [3.05, 3.63) is 36.2 Å². The van der Waals surface area contributed by atoms with E-state index in [1.807, 2.05) is 42.2 Å². The van der Waals surface area contributed by atoms with Crippen molar-refractivity contribution in [3.8, 4) is 11.1 Å². The van der Waals surface area contributed by atoms with Crippen molar-refractivity contribution in [1.29, 1.82) is 0 Å².